The predicted octanol–water partition coefficient (Wildman–Crippen LogP) is 3.24. The molecule has 5 nitrogen and oxygen atoms in total. The average Bonchev–Trinajstić information content (AvgIpc) is 2.55. The third kappa shape index (κ3) is 3.01. The van der Waals surface area contributed by atoms with Crippen LogP contribution in [0.1, 0.15) is 18.5 Å². The molecule has 118 valence electrons. The molecule has 3 aromatic rings. The average molecular weight is 313 g/mol. The van der Waals surface area contributed by atoms with Gasteiger partial charge in [-0.3, -0.25) is 9.78 Å². The summed E-state index contributed by atoms with van der Waals surface area (Å²) in [6, 6.07) is 11.1. The van der Waals surface area contributed by atoms with Gasteiger partial charge in [-0.15, -0.1) is 0 Å². The van der Waals surface area contributed by atoms with Gasteiger partial charge in [-0.25, -0.2) is 9.37 Å². The van der Waals surface area contributed by atoms with E-state index in [0.717, 1.165) is 0 Å². The lowest BCUT2D eigenvalue weighted by molar-refractivity contribution is 0.406. The van der Waals surface area contributed by atoms with E-state index in [2.05, 4.69) is 15.3 Å². The number of benzene rings is 2. The summed E-state index contributed by atoms with van der Waals surface area (Å²) < 4.78 is 18.8. The molecule has 2 aromatic carbocycles. The number of fused-ring (bicyclic) bond motifs is 1. The molecule has 0 aliphatic rings. The minimum Gasteiger partial charge on any atom is -0.496 e. The van der Waals surface area contributed by atoms with Crippen LogP contribution in [0, 0.1) is 5.82 Å². The number of nitrogens with zero attached hydrogens (tertiary/aromatic N) is 1. The van der Waals surface area contributed by atoms with Crippen LogP contribution in [0.2, 0.25) is 0 Å². The van der Waals surface area contributed by atoms with E-state index in [9.17, 15) is 9.18 Å². The van der Waals surface area contributed by atoms with Gasteiger partial charge in [0.15, 0.2) is 0 Å². The zero-order chi connectivity index (χ0) is 16.4. The number of aromatic nitrogens is 2. The van der Waals surface area contributed by atoms with E-state index in [4.69, 9.17) is 4.74 Å². The maximum Gasteiger partial charge on any atom is 0.260 e. The van der Waals surface area contributed by atoms with Gasteiger partial charge in [0.1, 0.15) is 11.6 Å². The number of H-pyrrole nitrogens is 1. The molecule has 0 aliphatic heterocycles. The Hall–Kier alpha value is -2.89. The summed E-state index contributed by atoms with van der Waals surface area (Å²) >= 11 is 0. The number of aromatic amines is 1. The molecule has 0 spiro atoms. The molecule has 1 aromatic heterocycles. The zero-order valence-corrected chi connectivity index (χ0v) is 12.8. The highest BCUT2D eigenvalue weighted by Gasteiger charge is 2.14. The van der Waals surface area contributed by atoms with Crippen molar-refractivity contribution >= 4 is 16.9 Å². The quantitative estimate of drug-likeness (QED) is 0.776. The van der Waals surface area contributed by atoms with Gasteiger partial charge >= 0.3 is 0 Å². The number of methoxy groups -OCH3 is 1. The summed E-state index contributed by atoms with van der Waals surface area (Å²) in [5.74, 6) is 0.538. The molecule has 0 saturated carbocycles. The smallest absolute Gasteiger partial charge is 0.260 e. The lowest BCUT2D eigenvalue weighted by atomic mass is 10.1. The molecule has 23 heavy (non-hydrogen) atoms. The number of anilines is 1. The lowest BCUT2D eigenvalue weighted by Gasteiger charge is -2.17. The number of hydrogen-bond donors (Lipinski definition) is 2. The Morgan fingerprint density at radius 1 is 1.26 bits per heavy atom. The van der Waals surface area contributed by atoms with Gasteiger partial charge in [-0.05, 0) is 37.3 Å². The molecule has 6 heteroatoms. The van der Waals surface area contributed by atoms with Gasteiger partial charge in [0.05, 0.1) is 24.1 Å². The molecule has 0 fully saturated rings. The van der Waals surface area contributed by atoms with Crippen molar-refractivity contribution in [3.63, 3.8) is 0 Å². The standard InChI is InChI=1S/C17H16FN3O2/c1-10(13-9-11(18)7-8-15(13)23-2)19-17-20-14-6-4-3-5-12(14)16(22)21-17/h3-10H,1-2H3,(H2,19,20,21,22). The van der Waals surface area contributed by atoms with E-state index in [1.165, 1.54) is 19.2 Å². The molecule has 2 N–H and O–H groups in total. The maximum atomic E-state index is 13.5. The molecule has 0 aliphatic carbocycles. The Balaban J connectivity index is 1.96. The molecule has 0 amide bonds. The van der Waals surface area contributed by atoms with E-state index in [-0.39, 0.29) is 17.4 Å². The Kier molecular flexibility index (Phi) is 3.97. The van der Waals surface area contributed by atoms with Gasteiger partial charge in [-0.2, -0.15) is 0 Å². The van der Waals surface area contributed by atoms with Crippen LogP contribution in [-0.4, -0.2) is 17.1 Å². The van der Waals surface area contributed by atoms with Gasteiger partial charge in [-0.1, -0.05) is 12.1 Å². The molecule has 0 saturated heterocycles. The normalized spacial score (nSPS) is 12.1. The van der Waals surface area contributed by atoms with Crippen molar-refractivity contribution in [1.29, 1.82) is 0 Å². The van der Waals surface area contributed by atoms with E-state index < -0.39 is 0 Å². The molecule has 3 rings (SSSR count). The van der Waals surface area contributed by atoms with E-state index in [1.54, 1.807) is 24.3 Å². The maximum absolute atomic E-state index is 13.5. The van der Waals surface area contributed by atoms with Crippen molar-refractivity contribution in [1.82, 2.24) is 9.97 Å². The monoisotopic (exact) mass is 313 g/mol. The first kappa shape index (κ1) is 15.0. The summed E-state index contributed by atoms with van der Waals surface area (Å²) in [5, 5.41) is 3.60. The van der Waals surface area contributed by atoms with Crippen molar-refractivity contribution in [3.8, 4) is 5.75 Å². The van der Waals surface area contributed by atoms with Gasteiger partial charge in [0, 0.05) is 5.56 Å². The second kappa shape index (κ2) is 6.08. The van der Waals surface area contributed by atoms with Crippen molar-refractivity contribution in [2.45, 2.75) is 13.0 Å². The van der Waals surface area contributed by atoms with Crippen molar-refractivity contribution in [2.75, 3.05) is 12.4 Å². The van der Waals surface area contributed by atoms with Crippen LogP contribution in [0.4, 0.5) is 10.3 Å². The molecular weight excluding hydrogens is 297 g/mol. The molecule has 1 heterocycles. The highest BCUT2D eigenvalue weighted by atomic mass is 19.1. The summed E-state index contributed by atoms with van der Waals surface area (Å²) in [4.78, 5) is 19.1. The largest absolute Gasteiger partial charge is 0.496 e. The first-order valence-electron chi connectivity index (χ1n) is 7.17. The second-order valence-corrected chi connectivity index (χ2v) is 5.18. The minimum absolute atomic E-state index is 0.225. The number of hydrogen-bond acceptors (Lipinski definition) is 4. The third-order valence-electron chi connectivity index (χ3n) is 3.62. The van der Waals surface area contributed by atoms with Crippen LogP contribution < -0.4 is 15.6 Å². The predicted molar refractivity (Wildman–Crippen MR) is 87.4 cm³/mol. The Morgan fingerprint density at radius 2 is 2.04 bits per heavy atom. The molecule has 1 unspecified atom stereocenters. The third-order valence-corrected chi connectivity index (χ3v) is 3.62. The topological polar surface area (TPSA) is 67.0 Å². The summed E-state index contributed by atoms with van der Waals surface area (Å²) in [6.07, 6.45) is 0. The van der Waals surface area contributed by atoms with Crippen molar-refractivity contribution in [3.05, 3.63) is 64.2 Å². The van der Waals surface area contributed by atoms with Crippen LogP contribution in [0.5, 0.6) is 5.75 Å². The number of ether oxygens (including phenoxy) is 1. The van der Waals surface area contributed by atoms with Crippen LogP contribution in [0.15, 0.2) is 47.3 Å². The van der Waals surface area contributed by atoms with Gasteiger partial charge < -0.3 is 10.1 Å². The molecular formula is C17H16FN3O2. The Labute approximate surface area is 132 Å². The van der Waals surface area contributed by atoms with Crippen LogP contribution >= 0.6 is 0 Å². The number of nitrogens with one attached hydrogen (secondary N) is 2. The van der Waals surface area contributed by atoms with Crippen LogP contribution in [0.25, 0.3) is 10.9 Å². The second-order valence-electron chi connectivity index (χ2n) is 5.18. The summed E-state index contributed by atoms with van der Waals surface area (Å²) in [7, 11) is 1.53. The SMILES string of the molecule is COc1ccc(F)cc1C(C)Nc1nc2ccccc2c(=O)[nH]1. The van der Waals surface area contributed by atoms with E-state index in [0.29, 0.717) is 28.2 Å². The Morgan fingerprint density at radius 3 is 2.83 bits per heavy atom. The highest BCUT2D eigenvalue weighted by molar-refractivity contribution is 5.78. The van der Waals surface area contributed by atoms with E-state index >= 15 is 0 Å². The number of para-hydroxylation sites is 1. The van der Waals surface area contributed by atoms with Crippen molar-refractivity contribution < 1.29 is 9.13 Å². The first-order chi connectivity index (χ1) is 11.1. The first-order valence-corrected chi connectivity index (χ1v) is 7.17. The fraction of sp³-hybridized carbons (Fsp3) is 0.176. The van der Waals surface area contributed by atoms with Gasteiger partial charge in [0.2, 0.25) is 5.95 Å². The number of halogens is 1. The molecule has 0 bridgehead atoms. The van der Waals surface area contributed by atoms with Crippen molar-refractivity contribution in [2.24, 2.45) is 0 Å². The zero-order valence-electron chi connectivity index (χ0n) is 12.8. The van der Waals surface area contributed by atoms with Crippen LogP contribution in [-0.2, 0) is 0 Å². The number of rotatable bonds is 4. The molecule has 1 atom stereocenters. The van der Waals surface area contributed by atoms with E-state index in [1.807, 2.05) is 13.0 Å². The minimum atomic E-state index is -0.352. The fourth-order valence-corrected chi connectivity index (χ4v) is 2.48. The van der Waals surface area contributed by atoms with Crippen LogP contribution in [0.3, 0.4) is 0 Å². The summed E-state index contributed by atoms with van der Waals surface area (Å²) in [5.41, 5.74) is 1.01. The summed E-state index contributed by atoms with van der Waals surface area (Å²) in [6.45, 7) is 1.84. The Bertz CT molecular complexity index is 908. The highest BCUT2D eigenvalue weighted by Crippen LogP contribution is 2.27. The molecule has 0 radical (unpaired) electrons. The fourth-order valence-electron chi connectivity index (χ4n) is 2.48. The lowest BCUT2D eigenvalue weighted by Crippen LogP contribution is -2.16. The van der Waals surface area contributed by atoms with Gasteiger partial charge in [0.25, 0.3) is 5.56 Å².